The average Bonchev–Trinajstić information content (AvgIpc) is 2.68. The maximum absolute atomic E-state index is 5.42. The summed E-state index contributed by atoms with van der Waals surface area (Å²) in [7, 11) is 0. The van der Waals surface area contributed by atoms with E-state index >= 15 is 0 Å². The van der Waals surface area contributed by atoms with Gasteiger partial charge in [-0.2, -0.15) is 0 Å². The van der Waals surface area contributed by atoms with Gasteiger partial charge in [-0.1, -0.05) is 25.5 Å². The smallest absolute Gasteiger partial charge is 0.0445 e. The molecule has 11 heavy (non-hydrogen) atoms. The predicted octanol–water partition coefficient (Wildman–Crippen LogP) is 1.44. The second-order valence-corrected chi connectivity index (χ2v) is 3.56. The Hall–Kier alpha value is -0.340. The van der Waals surface area contributed by atoms with Gasteiger partial charge < -0.3 is 0 Å². The number of hydrogen-bond donors (Lipinski definition) is 2. The van der Waals surface area contributed by atoms with Crippen molar-refractivity contribution in [2.75, 3.05) is 0 Å². The molecule has 0 amide bonds. The fourth-order valence-electron chi connectivity index (χ4n) is 1.78. The van der Waals surface area contributed by atoms with Crippen molar-refractivity contribution in [2.24, 2.45) is 17.7 Å². The zero-order valence-corrected chi connectivity index (χ0v) is 7.43. The van der Waals surface area contributed by atoms with E-state index in [1.165, 1.54) is 12.8 Å². The molecule has 0 aromatic rings. The number of rotatable bonds is 4. The molecule has 3 atom stereocenters. The normalized spacial score (nSPS) is 31.5. The van der Waals surface area contributed by atoms with E-state index in [4.69, 9.17) is 5.84 Å². The minimum atomic E-state index is 0.347. The first kappa shape index (κ1) is 8.75. The van der Waals surface area contributed by atoms with Gasteiger partial charge in [0, 0.05) is 6.04 Å². The van der Waals surface area contributed by atoms with Crippen LogP contribution in [0, 0.1) is 11.8 Å². The first-order valence-electron chi connectivity index (χ1n) is 4.32. The molecule has 1 saturated carbocycles. The fraction of sp³-hybridized carbons (Fsp3) is 0.778. The van der Waals surface area contributed by atoms with Crippen LogP contribution in [0.25, 0.3) is 0 Å². The molecule has 2 nitrogen and oxygen atoms in total. The summed E-state index contributed by atoms with van der Waals surface area (Å²) in [6.07, 6.45) is 2.59. The summed E-state index contributed by atoms with van der Waals surface area (Å²) < 4.78 is 0. The van der Waals surface area contributed by atoms with Gasteiger partial charge in [0.05, 0.1) is 0 Å². The zero-order chi connectivity index (χ0) is 8.43. The summed E-state index contributed by atoms with van der Waals surface area (Å²) >= 11 is 0. The largest absolute Gasteiger partial charge is 0.271 e. The Kier molecular flexibility index (Phi) is 2.68. The van der Waals surface area contributed by atoms with Crippen molar-refractivity contribution in [3.63, 3.8) is 0 Å². The molecule has 0 spiro atoms. The van der Waals surface area contributed by atoms with E-state index in [2.05, 4.69) is 18.9 Å². The highest BCUT2D eigenvalue weighted by Gasteiger charge is 2.41. The van der Waals surface area contributed by atoms with Crippen molar-refractivity contribution < 1.29 is 0 Å². The molecule has 0 aliphatic heterocycles. The van der Waals surface area contributed by atoms with Gasteiger partial charge >= 0.3 is 0 Å². The van der Waals surface area contributed by atoms with Crippen LogP contribution in [0.5, 0.6) is 0 Å². The molecule has 0 heterocycles. The topological polar surface area (TPSA) is 38.0 Å². The third kappa shape index (κ3) is 1.82. The van der Waals surface area contributed by atoms with Gasteiger partial charge in [0.1, 0.15) is 0 Å². The third-order valence-electron chi connectivity index (χ3n) is 2.64. The van der Waals surface area contributed by atoms with E-state index in [1.807, 2.05) is 6.92 Å². The Morgan fingerprint density at radius 1 is 1.82 bits per heavy atom. The van der Waals surface area contributed by atoms with Crippen molar-refractivity contribution in [2.45, 2.75) is 32.7 Å². The molecule has 1 fully saturated rings. The Labute approximate surface area is 68.8 Å². The SMILES string of the molecule is C=C(C)C(NN)[C@@H]1C[C@H]1CC. The molecule has 1 aliphatic rings. The molecular formula is C9H18N2. The minimum Gasteiger partial charge on any atom is -0.271 e. The van der Waals surface area contributed by atoms with Crippen molar-refractivity contribution in [1.82, 2.24) is 5.43 Å². The minimum absolute atomic E-state index is 0.347. The maximum Gasteiger partial charge on any atom is 0.0445 e. The second-order valence-electron chi connectivity index (χ2n) is 3.56. The van der Waals surface area contributed by atoms with Gasteiger partial charge in [0.2, 0.25) is 0 Å². The molecule has 0 aromatic heterocycles. The molecule has 0 radical (unpaired) electrons. The van der Waals surface area contributed by atoms with E-state index in [1.54, 1.807) is 0 Å². The van der Waals surface area contributed by atoms with Crippen molar-refractivity contribution in [3.8, 4) is 0 Å². The van der Waals surface area contributed by atoms with E-state index < -0.39 is 0 Å². The lowest BCUT2D eigenvalue weighted by atomic mass is 10.0. The Morgan fingerprint density at radius 2 is 2.45 bits per heavy atom. The molecular weight excluding hydrogens is 136 g/mol. The molecule has 3 N–H and O–H groups in total. The molecule has 1 aliphatic carbocycles. The fourth-order valence-corrected chi connectivity index (χ4v) is 1.78. The average molecular weight is 154 g/mol. The number of hydrogen-bond acceptors (Lipinski definition) is 2. The van der Waals surface area contributed by atoms with Gasteiger partial charge in [-0.15, -0.1) is 0 Å². The van der Waals surface area contributed by atoms with Crippen molar-refractivity contribution in [1.29, 1.82) is 0 Å². The second kappa shape index (κ2) is 3.37. The number of nitrogens with two attached hydrogens (primary N) is 1. The Bertz CT molecular complexity index is 154. The van der Waals surface area contributed by atoms with Gasteiger partial charge in [-0.25, -0.2) is 0 Å². The molecule has 1 rings (SSSR count). The van der Waals surface area contributed by atoms with Crippen LogP contribution in [-0.4, -0.2) is 6.04 Å². The van der Waals surface area contributed by atoms with Crippen molar-refractivity contribution >= 4 is 0 Å². The van der Waals surface area contributed by atoms with E-state index in [0.29, 0.717) is 6.04 Å². The zero-order valence-electron chi connectivity index (χ0n) is 7.43. The van der Waals surface area contributed by atoms with Gasteiger partial charge in [-0.3, -0.25) is 11.3 Å². The van der Waals surface area contributed by atoms with Crippen molar-refractivity contribution in [3.05, 3.63) is 12.2 Å². The lowest BCUT2D eigenvalue weighted by Crippen LogP contribution is -2.37. The maximum atomic E-state index is 5.42. The quantitative estimate of drug-likeness (QED) is 0.365. The summed E-state index contributed by atoms with van der Waals surface area (Å²) in [5.74, 6) is 7.06. The molecule has 0 saturated heterocycles. The Morgan fingerprint density at radius 3 is 2.73 bits per heavy atom. The van der Waals surface area contributed by atoms with Gasteiger partial charge in [0.15, 0.2) is 0 Å². The summed E-state index contributed by atoms with van der Waals surface area (Å²) in [6, 6.07) is 0.347. The molecule has 0 bridgehead atoms. The van der Waals surface area contributed by atoms with Crippen LogP contribution in [0.2, 0.25) is 0 Å². The predicted molar refractivity (Wildman–Crippen MR) is 47.8 cm³/mol. The van der Waals surface area contributed by atoms with E-state index in [9.17, 15) is 0 Å². The molecule has 0 aromatic carbocycles. The van der Waals surface area contributed by atoms with Crippen LogP contribution < -0.4 is 11.3 Å². The summed E-state index contributed by atoms with van der Waals surface area (Å²) in [5.41, 5.74) is 3.99. The molecule has 1 unspecified atom stereocenters. The van der Waals surface area contributed by atoms with Crippen LogP contribution >= 0.6 is 0 Å². The summed E-state index contributed by atoms with van der Waals surface area (Å²) in [5, 5.41) is 0. The number of hydrazine groups is 1. The van der Waals surface area contributed by atoms with Gasteiger partial charge in [0.25, 0.3) is 0 Å². The number of nitrogens with one attached hydrogen (secondary N) is 1. The van der Waals surface area contributed by atoms with Crippen LogP contribution in [0.1, 0.15) is 26.7 Å². The lowest BCUT2D eigenvalue weighted by Gasteiger charge is -2.15. The van der Waals surface area contributed by atoms with Crippen LogP contribution in [0.3, 0.4) is 0 Å². The highest BCUT2D eigenvalue weighted by atomic mass is 15.2. The van der Waals surface area contributed by atoms with E-state index in [-0.39, 0.29) is 0 Å². The standard InChI is InChI=1S/C9H18N2/c1-4-7-5-8(7)9(11-10)6(2)3/h7-9,11H,2,4-5,10H2,1,3H3/t7-,8-,9?/m1/s1. The first-order valence-corrected chi connectivity index (χ1v) is 4.32. The monoisotopic (exact) mass is 154 g/mol. The molecule has 2 heteroatoms. The third-order valence-corrected chi connectivity index (χ3v) is 2.64. The van der Waals surface area contributed by atoms with E-state index in [0.717, 1.165) is 17.4 Å². The highest BCUT2D eigenvalue weighted by Crippen LogP contribution is 2.44. The molecule has 64 valence electrons. The van der Waals surface area contributed by atoms with Crippen LogP contribution in [0.15, 0.2) is 12.2 Å². The van der Waals surface area contributed by atoms with Gasteiger partial charge in [-0.05, 0) is 25.2 Å². The lowest BCUT2D eigenvalue weighted by molar-refractivity contribution is 0.500. The first-order chi connectivity index (χ1) is 5.20. The highest BCUT2D eigenvalue weighted by molar-refractivity contribution is 5.10. The summed E-state index contributed by atoms with van der Waals surface area (Å²) in [6.45, 7) is 8.18. The Balaban J connectivity index is 2.40. The van der Waals surface area contributed by atoms with Crippen LogP contribution in [-0.2, 0) is 0 Å². The summed E-state index contributed by atoms with van der Waals surface area (Å²) in [4.78, 5) is 0. The van der Waals surface area contributed by atoms with Crippen LogP contribution in [0.4, 0.5) is 0 Å².